The lowest BCUT2D eigenvalue weighted by molar-refractivity contribution is 0.406. The summed E-state index contributed by atoms with van der Waals surface area (Å²) < 4.78 is 0. The normalized spacial score (nSPS) is 17.1. The minimum absolute atomic E-state index is 0. The predicted molar refractivity (Wildman–Crippen MR) is 77.2 cm³/mol. The molecule has 16 heavy (non-hydrogen) atoms. The molecule has 0 amide bonds. The van der Waals surface area contributed by atoms with Crippen LogP contribution in [0.2, 0.25) is 0 Å². The number of rotatable bonds is 6. The van der Waals surface area contributed by atoms with Gasteiger partial charge in [-0.2, -0.15) is 0 Å². The molecule has 0 spiro atoms. The molecule has 3 heteroatoms. The third-order valence-corrected chi connectivity index (χ3v) is 2.40. The van der Waals surface area contributed by atoms with Gasteiger partial charge in [-0.25, -0.2) is 0 Å². The maximum Gasteiger partial charge on any atom is 0.0909 e. The average Bonchev–Trinajstić information content (AvgIpc) is 2.20. The van der Waals surface area contributed by atoms with Crippen molar-refractivity contribution in [3.63, 3.8) is 0 Å². The molecule has 0 saturated carbocycles. The SMILES string of the molecule is CC.CCCC(C)N[C@H](C)[C@H](C)N=C(C)N.[HH]. The van der Waals surface area contributed by atoms with Crippen LogP contribution >= 0.6 is 0 Å². The number of hydrogen-bond acceptors (Lipinski definition) is 2. The van der Waals surface area contributed by atoms with Crippen molar-refractivity contribution in [3.05, 3.63) is 0 Å². The number of aliphatic imine (C=N–C) groups is 1. The second kappa shape index (κ2) is 10.9. The molecule has 0 rings (SSSR count). The van der Waals surface area contributed by atoms with E-state index in [-0.39, 0.29) is 7.47 Å². The lowest BCUT2D eigenvalue weighted by Crippen LogP contribution is -2.41. The molecule has 0 heterocycles. The van der Waals surface area contributed by atoms with E-state index in [4.69, 9.17) is 5.73 Å². The number of nitrogens with one attached hydrogen (secondary N) is 1. The highest BCUT2D eigenvalue weighted by atomic mass is 15.0. The Bertz CT molecular complexity index is 180. The number of nitrogens with two attached hydrogens (primary N) is 1. The van der Waals surface area contributed by atoms with Gasteiger partial charge < -0.3 is 11.1 Å². The van der Waals surface area contributed by atoms with Gasteiger partial charge in [0.2, 0.25) is 0 Å². The molecule has 0 aromatic carbocycles. The van der Waals surface area contributed by atoms with E-state index >= 15 is 0 Å². The van der Waals surface area contributed by atoms with Crippen LogP contribution in [0.25, 0.3) is 0 Å². The Morgan fingerprint density at radius 1 is 1.31 bits per heavy atom. The third kappa shape index (κ3) is 9.97. The van der Waals surface area contributed by atoms with Crippen LogP contribution in [0.4, 0.5) is 0 Å². The number of amidine groups is 1. The molecule has 0 bridgehead atoms. The second-order valence-corrected chi connectivity index (χ2v) is 4.16. The summed E-state index contributed by atoms with van der Waals surface area (Å²) in [5.41, 5.74) is 5.54. The van der Waals surface area contributed by atoms with Crippen molar-refractivity contribution in [2.75, 3.05) is 0 Å². The molecule has 0 aliphatic rings. The van der Waals surface area contributed by atoms with E-state index in [2.05, 4.69) is 38.0 Å². The van der Waals surface area contributed by atoms with Crippen molar-refractivity contribution in [2.45, 2.75) is 79.4 Å². The summed E-state index contributed by atoms with van der Waals surface area (Å²) in [5.74, 6) is 0.661. The molecule has 3 N–H and O–H groups in total. The lowest BCUT2D eigenvalue weighted by atomic mass is 10.1. The van der Waals surface area contributed by atoms with Gasteiger partial charge in [0.1, 0.15) is 0 Å². The van der Waals surface area contributed by atoms with E-state index in [1.807, 2.05) is 20.8 Å². The van der Waals surface area contributed by atoms with Crippen LogP contribution in [-0.2, 0) is 0 Å². The Balaban J connectivity index is -0.000000616. The zero-order chi connectivity index (χ0) is 13.1. The number of nitrogens with zero attached hydrogens (tertiary/aromatic N) is 1. The fourth-order valence-corrected chi connectivity index (χ4v) is 1.54. The first-order valence-corrected chi connectivity index (χ1v) is 6.53. The largest absolute Gasteiger partial charge is 0.388 e. The van der Waals surface area contributed by atoms with Crippen molar-refractivity contribution < 1.29 is 1.43 Å². The summed E-state index contributed by atoms with van der Waals surface area (Å²) in [4.78, 5) is 4.32. The average molecular weight is 231 g/mol. The first-order chi connectivity index (χ1) is 7.47. The van der Waals surface area contributed by atoms with Crippen LogP contribution in [0.5, 0.6) is 0 Å². The summed E-state index contributed by atoms with van der Waals surface area (Å²) in [7, 11) is 0. The Kier molecular flexibility index (Phi) is 12.2. The molecule has 0 saturated heterocycles. The van der Waals surface area contributed by atoms with Gasteiger partial charge in [0.25, 0.3) is 0 Å². The van der Waals surface area contributed by atoms with Gasteiger partial charge in [0, 0.05) is 13.5 Å². The van der Waals surface area contributed by atoms with Crippen molar-refractivity contribution in [1.29, 1.82) is 0 Å². The van der Waals surface area contributed by atoms with E-state index < -0.39 is 0 Å². The van der Waals surface area contributed by atoms with Gasteiger partial charge in [-0.05, 0) is 34.1 Å². The van der Waals surface area contributed by atoms with Crippen LogP contribution in [-0.4, -0.2) is 24.0 Å². The van der Waals surface area contributed by atoms with E-state index in [0.717, 1.165) is 0 Å². The fourth-order valence-electron chi connectivity index (χ4n) is 1.54. The Hall–Kier alpha value is -0.570. The monoisotopic (exact) mass is 231 g/mol. The smallest absolute Gasteiger partial charge is 0.0909 e. The molecule has 0 aromatic heterocycles. The van der Waals surface area contributed by atoms with Crippen LogP contribution in [0.3, 0.4) is 0 Å². The van der Waals surface area contributed by atoms with Gasteiger partial charge in [0.15, 0.2) is 0 Å². The molecule has 3 atom stereocenters. The standard InChI is InChI=1S/C11H25N3.C2H6.H2/c1-6-7-8(2)13-9(3)10(4)14-11(5)12;1-2;/h8-10,13H,6-7H2,1-5H3,(H2,12,14);1-2H3;1H/t8?,9-,10+;;/m1../s1. The molecule has 1 unspecified atom stereocenters. The van der Waals surface area contributed by atoms with Crippen LogP contribution in [0, 0.1) is 0 Å². The third-order valence-electron chi connectivity index (χ3n) is 2.40. The highest BCUT2D eigenvalue weighted by Crippen LogP contribution is 2.02. The summed E-state index contributed by atoms with van der Waals surface area (Å²) in [6.07, 6.45) is 2.43. The summed E-state index contributed by atoms with van der Waals surface area (Å²) >= 11 is 0. The van der Waals surface area contributed by atoms with Gasteiger partial charge >= 0.3 is 0 Å². The van der Waals surface area contributed by atoms with Crippen LogP contribution in [0.15, 0.2) is 4.99 Å². The quantitative estimate of drug-likeness (QED) is 0.545. The maximum absolute atomic E-state index is 5.54. The van der Waals surface area contributed by atoms with E-state index in [1.165, 1.54) is 12.8 Å². The Morgan fingerprint density at radius 3 is 2.19 bits per heavy atom. The summed E-state index contributed by atoms with van der Waals surface area (Å²) in [6, 6.07) is 1.19. The van der Waals surface area contributed by atoms with E-state index in [1.54, 1.807) is 0 Å². The zero-order valence-electron chi connectivity index (χ0n) is 12.2. The minimum atomic E-state index is 0. The van der Waals surface area contributed by atoms with E-state index in [9.17, 15) is 0 Å². The highest BCUT2D eigenvalue weighted by Gasteiger charge is 2.12. The van der Waals surface area contributed by atoms with Gasteiger partial charge in [-0.1, -0.05) is 27.2 Å². The fraction of sp³-hybridized carbons (Fsp3) is 0.923. The predicted octanol–water partition coefficient (Wildman–Crippen LogP) is 3.19. The first kappa shape index (κ1) is 17.8. The molecular weight excluding hydrogens is 198 g/mol. The zero-order valence-corrected chi connectivity index (χ0v) is 12.2. The molecule has 3 nitrogen and oxygen atoms in total. The highest BCUT2D eigenvalue weighted by molar-refractivity contribution is 5.77. The summed E-state index contributed by atoms with van der Waals surface area (Å²) in [6.45, 7) is 14.5. The molecule has 0 aliphatic heterocycles. The minimum Gasteiger partial charge on any atom is -0.388 e. The number of hydrogen-bond donors (Lipinski definition) is 2. The molecule has 0 fully saturated rings. The van der Waals surface area contributed by atoms with Gasteiger partial charge in [0.05, 0.1) is 11.9 Å². The van der Waals surface area contributed by atoms with Crippen molar-refractivity contribution >= 4 is 5.84 Å². The Morgan fingerprint density at radius 2 is 1.81 bits per heavy atom. The maximum atomic E-state index is 5.54. The summed E-state index contributed by atoms with van der Waals surface area (Å²) in [5, 5.41) is 3.52. The van der Waals surface area contributed by atoms with Gasteiger partial charge in [-0.3, -0.25) is 4.99 Å². The van der Waals surface area contributed by atoms with Crippen molar-refractivity contribution in [3.8, 4) is 0 Å². The van der Waals surface area contributed by atoms with Crippen molar-refractivity contribution in [1.82, 2.24) is 5.32 Å². The van der Waals surface area contributed by atoms with Gasteiger partial charge in [-0.15, -0.1) is 0 Å². The molecule has 0 aromatic rings. The first-order valence-electron chi connectivity index (χ1n) is 6.53. The molecular formula is C13H33N3. The van der Waals surface area contributed by atoms with Crippen LogP contribution in [0.1, 0.15) is 62.7 Å². The van der Waals surface area contributed by atoms with Crippen LogP contribution < -0.4 is 11.1 Å². The second-order valence-electron chi connectivity index (χ2n) is 4.16. The topological polar surface area (TPSA) is 50.4 Å². The lowest BCUT2D eigenvalue weighted by Gasteiger charge is -2.22. The molecule has 100 valence electrons. The molecule has 0 aliphatic carbocycles. The van der Waals surface area contributed by atoms with Crippen molar-refractivity contribution in [2.24, 2.45) is 10.7 Å². The Labute approximate surface area is 103 Å². The van der Waals surface area contributed by atoms with E-state index in [0.29, 0.717) is 17.9 Å². The molecule has 0 radical (unpaired) electrons.